The first-order valence-electron chi connectivity index (χ1n) is 7.09. The molecule has 0 amide bonds. The minimum atomic E-state index is -0.939. The van der Waals surface area contributed by atoms with Gasteiger partial charge in [-0.2, -0.15) is 0 Å². The highest BCUT2D eigenvalue weighted by atomic mass is 16.5. The molecule has 0 aliphatic rings. The number of nitrogens with zero attached hydrogens (tertiary/aromatic N) is 1. The molecule has 2 aromatic rings. The van der Waals surface area contributed by atoms with Gasteiger partial charge in [0.25, 0.3) is 0 Å². The lowest BCUT2D eigenvalue weighted by Crippen LogP contribution is -2.17. The molecule has 0 fully saturated rings. The van der Waals surface area contributed by atoms with Crippen LogP contribution in [0.5, 0.6) is 0 Å². The van der Waals surface area contributed by atoms with Crippen LogP contribution in [0.15, 0.2) is 34.7 Å². The third kappa shape index (κ3) is 4.20. The van der Waals surface area contributed by atoms with Crippen LogP contribution in [0, 0.1) is 6.92 Å². The molecular weight excluding hydrogens is 298 g/mol. The lowest BCUT2D eigenvalue weighted by atomic mass is 10.1. The van der Waals surface area contributed by atoms with Crippen molar-refractivity contribution in [2.24, 2.45) is 0 Å². The normalized spacial score (nSPS) is 10.8. The van der Waals surface area contributed by atoms with E-state index >= 15 is 0 Å². The van der Waals surface area contributed by atoms with Gasteiger partial charge in [-0.05, 0) is 37.7 Å². The summed E-state index contributed by atoms with van der Waals surface area (Å²) in [5.41, 5.74) is 1.69. The molecule has 0 saturated heterocycles. The molecule has 1 heterocycles. The van der Waals surface area contributed by atoms with Crippen LogP contribution in [0.2, 0.25) is 0 Å². The summed E-state index contributed by atoms with van der Waals surface area (Å²) in [6.07, 6.45) is 0. The number of hydrogen-bond acceptors (Lipinski definition) is 5. The second-order valence-corrected chi connectivity index (χ2v) is 5.35. The number of hydrogen-bond donors (Lipinski definition) is 1. The number of methoxy groups -OCH3 is 1. The van der Waals surface area contributed by atoms with Crippen LogP contribution in [0.1, 0.15) is 37.8 Å². The summed E-state index contributed by atoms with van der Waals surface area (Å²) < 4.78 is 10.3. The van der Waals surface area contributed by atoms with Crippen molar-refractivity contribution in [2.45, 2.75) is 20.0 Å². The summed E-state index contributed by atoms with van der Waals surface area (Å²) >= 11 is 0. The van der Waals surface area contributed by atoms with E-state index in [2.05, 4.69) is 0 Å². The molecule has 0 spiro atoms. The quantitative estimate of drug-likeness (QED) is 0.825. The highest BCUT2D eigenvalue weighted by Crippen LogP contribution is 2.18. The summed E-state index contributed by atoms with van der Waals surface area (Å²) in [6, 6.07) is 8.42. The minimum absolute atomic E-state index is 0.265. The fourth-order valence-electron chi connectivity index (χ4n) is 2.32. The largest absolute Gasteiger partial charge is 0.478 e. The third-order valence-corrected chi connectivity index (χ3v) is 3.45. The van der Waals surface area contributed by atoms with Gasteiger partial charge in [-0.1, -0.05) is 12.1 Å². The van der Waals surface area contributed by atoms with Crippen LogP contribution in [0.25, 0.3) is 0 Å². The SMILES string of the molecule is COC(=O)c1cc(CN(C)Cc2ccc(C(=O)O)cc2)oc1C. The number of carbonyl (C=O) groups is 2. The van der Waals surface area contributed by atoms with Crippen molar-refractivity contribution < 1.29 is 23.8 Å². The summed E-state index contributed by atoms with van der Waals surface area (Å²) in [5, 5.41) is 8.89. The fourth-order valence-corrected chi connectivity index (χ4v) is 2.32. The average molecular weight is 317 g/mol. The fraction of sp³-hybridized carbons (Fsp3) is 0.294. The second-order valence-electron chi connectivity index (χ2n) is 5.35. The monoisotopic (exact) mass is 317 g/mol. The van der Waals surface area contributed by atoms with Gasteiger partial charge in [-0.3, -0.25) is 4.90 Å². The molecule has 1 aromatic heterocycles. The first-order valence-corrected chi connectivity index (χ1v) is 7.09. The standard InChI is InChI=1S/C17H19NO5/c1-11-15(17(21)22-3)8-14(23-11)10-18(2)9-12-4-6-13(7-5-12)16(19)20/h4-8H,9-10H2,1-3H3,(H,19,20). The highest BCUT2D eigenvalue weighted by molar-refractivity contribution is 5.90. The van der Waals surface area contributed by atoms with Crippen LogP contribution in [-0.4, -0.2) is 36.1 Å². The molecule has 0 unspecified atom stereocenters. The van der Waals surface area contributed by atoms with Crippen LogP contribution < -0.4 is 0 Å². The van der Waals surface area contributed by atoms with E-state index in [1.54, 1.807) is 37.3 Å². The van der Waals surface area contributed by atoms with E-state index in [0.717, 1.165) is 5.56 Å². The van der Waals surface area contributed by atoms with Crippen molar-refractivity contribution in [1.29, 1.82) is 0 Å². The summed E-state index contributed by atoms with van der Waals surface area (Å²) in [5.74, 6) is -0.144. The number of rotatable bonds is 6. The number of aromatic carboxylic acids is 1. The average Bonchev–Trinajstić information content (AvgIpc) is 2.87. The van der Waals surface area contributed by atoms with Crippen LogP contribution in [0.3, 0.4) is 0 Å². The molecule has 0 bridgehead atoms. The van der Waals surface area contributed by atoms with Crippen molar-refractivity contribution in [2.75, 3.05) is 14.2 Å². The van der Waals surface area contributed by atoms with E-state index in [0.29, 0.717) is 30.2 Å². The zero-order valence-electron chi connectivity index (χ0n) is 13.3. The number of esters is 1. The summed E-state index contributed by atoms with van der Waals surface area (Å²) in [7, 11) is 3.25. The van der Waals surface area contributed by atoms with Gasteiger partial charge in [-0.25, -0.2) is 9.59 Å². The van der Waals surface area contributed by atoms with Crippen molar-refractivity contribution in [3.63, 3.8) is 0 Å². The topological polar surface area (TPSA) is 80.0 Å². The van der Waals surface area contributed by atoms with Gasteiger partial charge in [-0.15, -0.1) is 0 Å². The van der Waals surface area contributed by atoms with E-state index < -0.39 is 11.9 Å². The number of benzene rings is 1. The van der Waals surface area contributed by atoms with Crippen LogP contribution >= 0.6 is 0 Å². The molecule has 1 N–H and O–H groups in total. The Bertz CT molecular complexity index is 702. The molecule has 2 rings (SSSR count). The number of furan rings is 1. The first-order chi connectivity index (χ1) is 10.9. The zero-order valence-corrected chi connectivity index (χ0v) is 13.3. The van der Waals surface area contributed by atoms with Crippen molar-refractivity contribution >= 4 is 11.9 Å². The Balaban J connectivity index is 2.00. The molecule has 23 heavy (non-hydrogen) atoms. The van der Waals surface area contributed by atoms with E-state index in [4.69, 9.17) is 14.3 Å². The molecule has 122 valence electrons. The Morgan fingerprint density at radius 2 is 1.87 bits per heavy atom. The number of carboxylic acids is 1. The molecule has 0 saturated carbocycles. The van der Waals surface area contributed by atoms with E-state index in [1.165, 1.54) is 7.11 Å². The maximum absolute atomic E-state index is 11.6. The first kappa shape index (κ1) is 16.8. The van der Waals surface area contributed by atoms with Gasteiger partial charge in [0, 0.05) is 6.54 Å². The van der Waals surface area contributed by atoms with E-state index in [-0.39, 0.29) is 5.56 Å². The molecule has 0 aliphatic heterocycles. The smallest absolute Gasteiger partial charge is 0.341 e. The van der Waals surface area contributed by atoms with E-state index in [1.807, 2.05) is 11.9 Å². The highest BCUT2D eigenvalue weighted by Gasteiger charge is 2.16. The molecule has 1 aromatic carbocycles. The summed E-state index contributed by atoms with van der Waals surface area (Å²) in [6.45, 7) is 2.88. The van der Waals surface area contributed by atoms with Crippen LogP contribution in [-0.2, 0) is 17.8 Å². The van der Waals surface area contributed by atoms with Gasteiger partial charge in [0.1, 0.15) is 17.1 Å². The molecule has 0 radical (unpaired) electrons. The Morgan fingerprint density at radius 3 is 2.43 bits per heavy atom. The number of carboxylic acid groups (broad SMARTS) is 1. The van der Waals surface area contributed by atoms with Gasteiger partial charge >= 0.3 is 11.9 Å². The maximum Gasteiger partial charge on any atom is 0.341 e. The lowest BCUT2D eigenvalue weighted by molar-refractivity contribution is 0.0598. The van der Waals surface area contributed by atoms with Gasteiger partial charge in [0.2, 0.25) is 0 Å². The Morgan fingerprint density at radius 1 is 1.22 bits per heavy atom. The van der Waals surface area contributed by atoms with Gasteiger partial charge in [0.05, 0.1) is 19.2 Å². The van der Waals surface area contributed by atoms with Crippen molar-refractivity contribution in [1.82, 2.24) is 4.90 Å². The number of aryl methyl sites for hydroxylation is 1. The predicted molar refractivity (Wildman–Crippen MR) is 83.4 cm³/mol. The molecule has 6 nitrogen and oxygen atoms in total. The van der Waals surface area contributed by atoms with Crippen molar-refractivity contribution in [3.05, 3.63) is 58.5 Å². The van der Waals surface area contributed by atoms with Gasteiger partial charge < -0.3 is 14.3 Å². The molecule has 0 atom stereocenters. The minimum Gasteiger partial charge on any atom is -0.478 e. The maximum atomic E-state index is 11.6. The number of ether oxygens (including phenoxy) is 1. The van der Waals surface area contributed by atoms with Crippen LogP contribution in [0.4, 0.5) is 0 Å². The Hall–Kier alpha value is -2.60. The molecular formula is C17H19NO5. The predicted octanol–water partition coefficient (Wildman–Crippen LogP) is 2.70. The Labute approximate surface area is 134 Å². The summed E-state index contributed by atoms with van der Waals surface area (Å²) in [4.78, 5) is 24.4. The van der Waals surface area contributed by atoms with Crippen molar-refractivity contribution in [3.8, 4) is 0 Å². The molecule has 0 aliphatic carbocycles. The third-order valence-electron chi connectivity index (χ3n) is 3.45. The second kappa shape index (κ2) is 7.11. The number of carbonyl (C=O) groups excluding carboxylic acids is 1. The van der Waals surface area contributed by atoms with Gasteiger partial charge in [0.15, 0.2) is 0 Å². The lowest BCUT2D eigenvalue weighted by Gasteiger charge is -2.15. The zero-order chi connectivity index (χ0) is 17.0. The van der Waals surface area contributed by atoms with E-state index in [9.17, 15) is 9.59 Å². The Kier molecular flexibility index (Phi) is 5.18. The molecule has 6 heteroatoms.